The fourth-order valence-corrected chi connectivity index (χ4v) is 2.24. The smallest absolute Gasteiger partial charge is 0.0958 e. The molecule has 18 heavy (non-hydrogen) atoms. The normalized spacial score (nSPS) is 10.9. The molecule has 0 saturated carbocycles. The highest BCUT2D eigenvalue weighted by Gasteiger charge is 2.02. The van der Waals surface area contributed by atoms with Crippen LogP contribution in [0.15, 0.2) is 54.9 Å². The van der Waals surface area contributed by atoms with Crippen LogP contribution in [0.25, 0.3) is 11.0 Å². The monoisotopic (exact) mass is 236 g/mol. The number of aryl methyl sites for hydroxylation is 3. The average molecular weight is 236 g/mol. The summed E-state index contributed by atoms with van der Waals surface area (Å²) in [4.78, 5) is 4.44. The van der Waals surface area contributed by atoms with Crippen LogP contribution < -0.4 is 0 Å². The molecule has 2 nitrogen and oxygen atoms in total. The number of hydrogen-bond donors (Lipinski definition) is 0. The number of fused-ring (bicyclic) bond motifs is 1. The van der Waals surface area contributed by atoms with Crippen molar-refractivity contribution in [1.29, 1.82) is 0 Å². The van der Waals surface area contributed by atoms with Gasteiger partial charge in [0.25, 0.3) is 0 Å². The third kappa shape index (κ3) is 2.14. The van der Waals surface area contributed by atoms with Crippen LogP contribution >= 0.6 is 0 Å². The van der Waals surface area contributed by atoms with Gasteiger partial charge in [0.15, 0.2) is 0 Å². The molecule has 0 amide bonds. The van der Waals surface area contributed by atoms with Crippen molar-refractivity contribution in [3.63, 3.8) is 0 Å². The van der Waals surface area contributed by atoms with Crippen LogP contribution in [0.5, 0.6) is 0 Å². The SMILES string of the molecule is Cc1ccc2ncn(CCc3ccccc3)c2c1. The first kappa shape index (κ1) is 11.0. The van der Waals surface area contributed by atoms with Crippen LogP contribution in [0.3, 0.4) is 0 Å². The first-order valence-electron chi connectivity index (χ1n) is 6.28. The van der Waals surface area contributed by atoms with Crippen LogP contribution in [0.4, 0.5) is 0 Å². The highest BCUT2D eigenvalue weighted by Crippen LogP contribution is 2.15. The summed E-state index contributed by atoms with van der Waals surface area (Å²) in [6.45, 7) is 3.10. The Hall–Kier alpha value is -2.09. The molecule has 0 aliphatic heterocycles. The summed E-state index contributed by atoms with van der Waals surface area (Å²) < 4.78 is 2.23. The first-order valence-corrected chi connectivity index (χ1v) is 6.28. The second-order valence-corrected chi connectivity index (χ2v) is 4.67. The van der Waals surface area contributed by atoms with E-state index >= 15 is 0 Å². The van der Waals surface area contributed by atoms with Crippen molar-refractivity contribution < 1.29 is 0 Å². The molecule has 0 fully saturated rings. The predicted octanol–water partition coefficient (Wildman–Crippen LogP) is 3.59. The van der Waals surface area contributed by atoms with Crippen LogP contribution in [0.2, 0.25) is 0 Å². The summed E-state index contributed by atoms with van der Waals surface area (Å²) >= 11 is 0. The van der Waals surface area contributed by atoms with Crippen molar-refractivity contribution in [2.75, 3.05) is 0 Å². The van der Waals surface area contributed by atoms with Crippen molar-refractivity contribution in [3.8, 4) is 0 Å². The highest BCUT2D eigenvalue weighted by molar-refractivity contribution is 5.75. The summed E-state index contributed by atoms with van der Waals surface area (Å²) in [7, 11) is 0. The molecule has 0 unspecified atom stereocenters. The summed E-state index contributed by atoms with van der Waals surface area (Å²) in [5, 5.41) is 0. The number of rotatable bonds is 3. The number of aromatic nitrogens is 2. The summed E-state index contributed by atoms with van der Waals surface area (Å²) in [5.41, 5.74) is 4.95. The third-order valence-corrected chi connectivity index (χ3v) is 3.26. The fraction of sp³-hybridized carbons (Fsp3) is 0.188. The fourth-order valence-electron chi connectivity index (χ4n) is 2.24. The minimum atomic E-state index is 0.976. The Morgan fingerprint density at radius 1 is 1.06 bits per heavy atom. The van der Waals surface area contributed by atoms with Crippen LogP contribution in [0.1, 0.15) is 11.1 Å². The molecule has 0 saturated heterocycles. The van der Waals surface area contributed by atoms with Crippen molar-refractivity contribution >= 4 is 11.0 Å². The molecule has 0 aliphatic rings. The topological polar surface area (TPSA) is 17.8 Å². The first-order chi connectivity index (χ1) is 8.83. The summed E-state index contributed by atoms with van der Waals surface area (Å²) in [5.74, 6) is 0. The minimum Gasteiger partial charge on any atom is -0.330 e. The predicted molar refractivity (Wildman–Crippen MR) is 74.6 cm³/mol. The van der Waals surface area contributed by atoms with Gasteiger partial charge in [0.2, 0.25) is 0 Å². The van der Waals surface area contributed by atoms with Crippen molar-refractivity contribution in [3.05, 3.63) is 66.0 Å². The summed E-state index contributed by atoms with van der Waals surface area (Å²) in [6.07, 6.45) is 2.98. The zero-order valence-electron chi connectivity index (χ0n) is 10.5. The standard InChI is InChI=1S/C16H16N2/c1-13-7-8-15-16(11-13)18(12-17-15)10-9-14-5-3-2-4-6-14/h2-8,11-12H,9-10H2,1H3. The maximum atomic E-state index is 4.44. The molecule has 1 heterocycles. The number of hydrogen-bond acceptors (Lipinski definition) is 1. The molecule has 2 heteroatoms. The molecule has 90 valence electrons. The molecule has 3 aromatic rings. The van der Waals surface area contributed by atoms with Crippen LogP contribution in [0, 0.1) is 6.92 Å². The lowest BCUT2D eigenvalue weighted by molar-refractivity contribution is 0.715. The van der Waals surface area contributed by atoms with Gasteiger partial charge >= 0.3 is 0 Å². The van der Waals surface area contributed by atoms with Gasteiger partial charge in [0.1, 0.15) is 0 Å². The van der Waals surface area contributed by atoms with E-state index in [9.17, 15) is 0 Å². The molecule has 3 rings (SSSR count). The van der Waals surface area contributed by atoms with E-state index < -0.39 is 0 Å². The zero-order valence-corrected chi connectivity index (χ0v) is 10.5. The maximum absolute atomic E-state index is 4.44. The molecular formula is C16H16N2. The van der Waals surface area contributed by atoms with Gasteiger partial charge in [-0.3, -0.25) is 0 Å². The van der Waals surface area contributed by atoms with Gasteiger partial charge in [-0.1, -0.05) is 36.4 Å². The number of nitrogens with zero attached hydrogens (tertiary/aromatic N) is 2. The van der Waals surface area contributed by atoms with Gasteiger partial charge in [-0.25, -0.2) is 4.98 Å². The molecule has 0 bridgehead atoms. The van der Waals surface area contributed by atoms with E-state index in [-0.39, 0.29) is 0 Å². The Bertz CT molecular complexity index is 653. The van der Waals surface area contributed by atoms with Gasteiger partial charge in [0, 0.05) is 6.54 Å². The number of imidazole rings is 1. The lowest BCUT2D eigenvalue weighted by Gasteiger charge is -2.05. The quantitative estimate of drug-likeness (QED) is 0.679. The van der Waals surface area contributed by atoms with Crippen LogP contribution in [-0.2, 0) is 13.0 Å². The lowest BCUT2D eigenvalue weighted by Crippen LogP contribution is -1.99. The highest BCUT2D eigenvalue weighted by atomic mass is 15.0. The lowest BCUT2D eigenvalue weighted by atomic mass is 10.1. The van der Waals surface area contributed by atoms with E-state index in [4.69, 9.17) is 0 Å². The van der Waals surface area contributed by atoms with Gasteiger partial charge in [-0.2, -0.15) is 0 Å². The van der Waals surface area contributed by atoms with Crippen LogP contribution in [-0.4, -0.2) is 9.55 Å². The maximum Gasteiger partial charge on any atom is 0.0958 e. The van der Waals surface area contributed by atoms with Gasteiger partial charge in [0.05, 0.1) is 17.4 Å². The number of benzene rings is 2. The molecule has 0 spiro atoms. The Kier molecular flexibility index (Phi) is 2.85. The Morgan fingerprint density at radius 3 is 2.72 bits per heavy atom. The zero-order chi connectivity index (χ0) is 12.4. The second kappa shape index (κ2) is 4.65. The minimum absolute atomic E-state index is 0.976. The van der Waals surface area contributed by atoms with Gasteiger partial charge < -0.3 is 4.57 Å². The van der Waals surface area contributed by atoms with E-state index in [1.54, 1.807) is 0 Å². The molecular weight excluding hydrogens is 220 g/mol. The van der Waals surface area contributed by atoms with E-state index in [2.05, 4.69) is 65.0 Å². The molecule has 0 N–H and O–H groups in total. The van der Waals surface area contributed by atoms with E-state index in [0.29, 0.717) is 0 Å². The molecule has 2 aromatic carbocycles. The Morgan fingerprint density at radius 2 is 1.89 bits per heavy atom. The van der Waals surface area contributed by atoms with Gasteiger partial charge in [-0.05, 0) is 36.6 Å². The average Bonchev–Trinajstić information content (AvgIpc) is 2.80. The van der Waals surface area contributed by atoms with Crippen molar-refractivity contribution in [2.45, 2.75) is 19.9 Å². The van der Waals surface area contributed by atoms with Gasteiger partial charge in [-0.15, -0.1) is 0 Å². The van der Waals surface area contributed by atoms with Crippen molar-refractivity contribution in [1.82, 2.24) is 9.55 Å². The molecule has 0 aliphatic carbocycles. The third-order valence-electron chi connectivity index (χ3n) is 3.26. The second-order valence-electron chi connectivity index (χ2n) is 4.67. The van der Waals surface area contributed by atoms with E-state index in [1.807, 2.05) is 6.33 Å². The molecule has 1 aromatic heterocycles. The largest absolute Gasteiger partial charge is 0.330 e. The Balaban J connectivity index is 1.85. The van der Waals surface area contributed by atoms with E-state index in [1.165, 1.54) is 16.6 Å². The van der Waals surface area contributed by atoms with E-state index in [0.717, 1.165) is 18.5 Å². The molecule has 0 radical (unpaired) electrons. The summed E-state index contributed by atoms with van der Waals surface area (Å²) in [6, 6.07) is 17.0. The molecule has 0 atom stereocenters. The van der Waals surface area contributed by atoms with Crippen molar-refractivity contribution in [2.24, 2.45) is 0 Å². The Labute approximate surface area is 107 Å².